The van der Waals surface area contributed by atoms with E-state index in [-0.39, 0.29) is 0 Å². The van der Waals surface area contributed by atoms with Crippen LogP contribution < -0.4 is 25.6 Å². The molecule has 9 nitrogen and oxygen atoms in total. The Morgan fingerprint density at radius 3 is 2.33 bits per heavy atom. The zero-order valence-electron chi connectivity index (χ0n) is 18.5. The maximum Gasteiger partial charge on any atom is 0.324 e. The highest BCUT2D eigenvalue weighted by Gasteiger charge is 2.14. The number of nitrogens with zero attached hydrogens (tertiary/aromatic N) is 4. The Hall–Kier alpha value is -3.56. The van der Waals surface area contributed by atoms with Crippen molar-refractivity contribution in [2.75, 3.05) is 61.2 Å². The first-order valence-corrected chi connectivity index (χ1v) is 10.9. The van der Waals surface area contributed by atoms with Gasteiger partial charge < -0.3 is 25.2 Å². The monoisotopic (exact) mass is 467 g/mol. The number of nitrogens with one attached hydrogen (secondary N) is 3. The van der Waals surface area contributed by atoms with E-state index >= 15 is 0 Å². The summed E-state index contributed by atoms with van der Waals surface area (Å²) in [5, 5.41) is 9.06. The van der Waals surface area contributed by atoms with Crippen LogP contribution in [0.1, 0.15) is 0 Å². The minimum absolute atomic E-state index is 0.360. The molecule has 1 aliphatic rings. The average molecular weight is 468 g/mol. The number of likely N-dealkylation sites (N-methyl/N-ethyl adjacent to an activating group) is 1. The first-order valence-electron chi connectivity index (χ1n) is 10.5. The molecule has 1 aliphatic heterocycles. The Morgan fingerprint density at radius 1 is 0.939 bits per heavy atom. The number of urea groups is 1. The van der Waals surface area contributed by atoms with Gasteiger partial charge in [0.15, 0.2) is 0 Å². The molecule has 0 saturated carbocycles. The van der Waals surface area contributed by atoms with Crippen LogP contribution in [-0.2, 0) is 0 Å². The molecule has 0 radical (unpaired) electrons. The number of halogens is 1. The Morgan fingerprint density at radius 2 is 1.64 bits per heavy atom. The average Bonchev–Trinajstić information content (AvgIpc) is 2.80. The molecule has 2 heterocycles. The highest BCUT2D eigenvalue weighted by Crippen LogP contribution is 2.27. The van der Waals surface area contributed by atoms with Crippen molar-refractivity contribution < 1.29 is 9.53 Å². The molecule has 0 spiro atoms. The molecule has 2 aromatic carbocycles. The molecule has 3 aromatic rings. The van der Waals surface area contributed by atoms with Gasteiger partial charge in [-0.15, -0.1) is 0 Å². The van der Waals surface area contributed by atoms with Crippen LogP contribution in [0.5, 0.6) is 5.75 Å². The standard InChI is InChI=1S/C23H26ClN7O2/c1-30-9-11-31(12-10-30)18-6-3-16(4-7-18)27-21-14-22(26-15-25-21)29-23(32)28-17-5-8-20(33-2)19(24)13-17/h3-8,13-15H,9-12H2,1-2H3,(H3,25,26,27,28,29,32). The number of anilines is 5. The van der Waals surface area contributed by atoms with Crippen LogP contribution in [-0.4, -0.2) is 61.2 Å². The topological polar surface area (TPSA) is 94.6 Å². The number of carbonyl (C=O) groups excluding carboxylic acids is 1. The Balaban J connectivity index is 1.34. The van der Waals surface area contributed by atoms with E-state index in [4.69, 9.17) is 16.3 Å². The van der Waals surface area contributed by atoms with Crippen LogP contribution in [0.4, 0.5) is 33.5 Å². The van der Waals surface area contributed by atoms with Crippen molar-refractivity contribution in [1.82, 2.24) is 14.9 Å². The molecular weight excluding hydrogens is 442 g/mol. The molecule has 172 valence electrons. The zero-order chi connectivity index (χ0) is 23.2. The van der Waals surface area contributed by atoms with Crippen molar-refractivity contribution in [2.24, 2.45) is 0 Å². The van der Waals surface area contributed by atoms with Crippen molar-refractivity contribution in [3.63, 3.8) is 0 Å². The number of carbonyl (C=O) groups is 1. The summed E-state index contributed by atoms with van der Waals surface area (Å²) in [5.41, 5.74) is 2.63. The maximum absolute atomic E-state index is 12.3. The molecule has 0 bridgehead atoms. The van der Waals surface area contributed by atoms with Crippen LogP contribution >= 0.6 is 11.6 Å². The summed E-state index contributed by atoms with van der Waals surface area (Å²) in [4.78, 5) is 25.4. The molecule has 4 rings (SSSR count). The van der Waals surface area contributed by atoms with Gasteiger partial charge in [-0.3, -0.25) is 5.32 Å². The number of amides is 2. The van der Waals surface area contributed by atoms with E-state index in [2.05, 4.69) is 54.9 Å². The molecular formula is C23H26ClN7O2. The molecule has 0 unspecified atom stereocenters. The minimum atomic E-state index is -0.447. The summed E-state index contributed by atoms with van der Waals surface area (Å²) in [6.07, 6.45) is 1.39. The van der Waals surface area contributed by atoms with Crippen molar-refractivity contribution in [3.8, 4) is 5.75 Å². The summed E-state index contributed by atoms with van der Waals surface area (Å²) < 4.78 is 5.12. The Labute approximate surface area is 197 Å². The molecule has 2 amide bonds. The molecule has 0 atom stereocenters. The molecule has 1 fully saturated rings. The number of hydrogen-bond donors (Lipinski definition) is 3. The highest BCUT2D eigenvalue weighted by atomic mass is 35.5. The van der Waals surface area contributed by atoms with Crippen LogP contribution in [0, 0.1) is 0 Å². The zero-order valence-corrected chi connectivity index (χ0v) is 19.3. The molecule has 0 aliphatic carbocycles. The van der Waals surface area contributed by atoms with Gasteiger partial charge >= 0.3 is 6.03 Å². The largest absolute Gasteiger partial charge is 0.495 e. The van der Waals surface area contributed by atoms with Crippen molar-refractivity contribution in [3.05, 3.63) is 59.9 Å². The van der Waals surface area contributed by atoms with Crippen LogP contribution in [0.25, 0.3) is 0 Å². The smallest absolute Gasteiger partial charge is 0.324 e. The number of piperazine rings is 1. The van der Waals surface area contributed by atoms with E-state index in [1.165, 1.54) is 19.1 Å². The van der Waals surface area contributed by atoms with E-state index in [0.29, 0.717) is 28.1 Å². The van der Waals surface area contributed by atoms with Crippen LogP contribution in [0.3, 0.4) is 0 Å². The van der Waals surface area contributed by atoms with Gasteiger partial charge in [0.1, 0.15) is 23.7 Å². The van der Waals surface area contributed by atoms with Crippen molar-refractivity contribution in [2.45, 2.75) is 0 Å². The van der Waals surface area contributed by atoms with Gasteiger partial charge in [-0.25, -0.2) is 14.8 Å². The number of ether oxygens (including phenoxy) is 1. The molecule has 1 saturated heterocycles. The van der Waals surface area contributed by atoms with Gasteiger partial charge in [0, 0.05) is 49.3 Å². The van der Waals surface area contributed by atoms with Crippen LogP contribution in [0.2, 0.25) is 5.02 Å². The number of hydrogen-bond acceptors (Lipinski definition) is 7. The quantitative estimate of drug-likeness (QED) is 0.498. The predicted octanol–water partition coefficient (Wildman–Crippen LogP) is 4.28. The first kappa shape index (κ1) is 22.6. The fraction of sp³-hybridized carbons (Fsp3) is 0.261. The molecule has 1 aromatic heterocycles. The molecule has 10 heteroatoms. The fourth-order valence-corrected chi connectivity index (χ4v) is 3.74. The van der Waals surface area contributed by atoms with Gasteiger partial charge in [-0.05, 0) is 49.5 Å². The minimum Gasteiger partial charge on any atom is -0.495 e. The summed E-state index contributed by atoms with van der Waals surface area (Å²) >= 11 is 6.10. The lowest BCUT2D eigenvalue weighted by Gasteiger charge is -2.34. The fourth-order valence-electron chi connectivity index (χ4n) is 3.48. The van der Waals surface area contributed by atoms with E-state index in [0.717, 1.165) is 31.9 Å². The summed E-state index contributed by atoms with van der Waals surface area (Å²) in [6.45, 7) is 4.18. The van der Waals surface area contributed by atoms with Gasteiger partial charge in [0.25, 0.3) is 0 Å². The maximum atomic E-state index is 12.3. The lowest BCUT2D eigenvalue weighted by Crippen LogP contribution is -2.44. The Kier molecular flexibility index (Phi) is 7.11. The van der Waals surface area contributed by atoms with Crippen LogP contribution in [0.15, 0.2) is 54.9 Å². The molecule has 33 heavy (non-hydrogen) atoms. The predicted molar refractivity (Wildman–Crippen MR) is 132 cm³/mol. The number of methoxy groups -OCH3 is 1. The lowest BCUT2D eigenvalue weighted by molar-refractivity contribution is 0.262. The third-order valence-corrected chi connectivity index (χ3v) is 5.62. The first-order chi connectivity index (χ1) is 16.0. The SMILES string of the molecule is COc1ccc(NC(=O)Nc2cc(Nc3ccc(N4CCN(C)CC4)cc3)ncn2)cc1Cl. The second-order valence-electron chi connectivity index (χ2n) is 7.68. The lowest BCUT2D eigenvalue weighted by atomic mass is 10.2. The van der Waals surface area contributed by atoms with E-state index in [1.54, 1.807) is 24.3 Å². The number of benzene rings is 2. The van der Waals surface area contributed by atoms with E-state index in [1.807, 2.05) is 12.1 Å². The van der Waals surface area contributed by atoms with Gasteiger partial charge in [-0.2, -0.15) is 0 Å². The third-order valence-electron chi connectivity index (χ3n) is 5.33. The van der Waals surface area contributed by atoms with Gasteiger partial charge in [0.05, 0.1) is 12.1 Å². The summed E-state index contributed by atoms with van der Waals surface area (Å²) in [5.74, 6) is 1.46. The van der Waals surface area contributed by atoms with Crippen molar-refractivity contribution in [1.29, 1.82) is 0 Å². The third kappa shape index (κ3) is 6.03. The normalized spacial score (nSPS) is 14.0. The summed E-state index contributed by atoms with van der Waals surface area (Å²) in [6, 6.07) is 14.4. The van der Waals surface area contributed by atoms with Gasteiger partial charge in [0.2, 0.25) is 0 Å². The Bertz CT molecular complexity index is 1100. The second kappa shape index (κ2) is 10.4. The van der Waals surface area contributed by atoms with E-state index in [9.17, 15) is 4.79 Å². The van der Waals surface area contributed by atoms with Crippen molar-refractivity contribution >= 4 is 46.3 Å². The number of rotatable bonds is 6. The molecule has 3 N–H and O–H groups in total. The van der Waals surface area contributed by atoms with E-state index < -0.39 is 6.03 Å². The highest BCUT2D eigenvalue weighted by molar-refractivity contribution is 6.32. The second-order valence-corrected chi connectivity index (χ2v) is 8.09. The summed E-state index contributed by atoms with van der Waals surface area (Å²) in [7, 11) is 3.68. The van der Waals surface area contributed by atoms with Gasteiger partial charge in [-0.1, -0.05) is 11.6 Å². The number of aromatic nitrogens is 2.